The van der Waals surface area contributed by atoms with E-state index in [1.807, 2.05) is 0 Å². The van der Waals surface area contributed by atoms with E-state index in [1.54, 1.807) is 24.1 Å². The van der Waals surface area contributed by atoms with Crippen molar-refractivity contribution in [1.29, 1.82) is 5.41 Å². The summed E-state index contributed by atoms with van der Waals surface area (Å²) >= 11 is 1.79. The van der Waals surface area contributed by atoms with Gasteiger partial charge in [0, 0.05) is 55.4 Å². The van der Waals surface area contributed by atoms with Crippen LogP contribution in [0.5, 0.6) is 0 Å². The predicted octanol–water partition coefficient (Wildman–Crippen LogP) is 6.01. The highest BCUT2D eigenvalue weighted by molar-refractivity contribution is 7.96. The molecule has 0 amide bonds. The summed E-state index contributed by atoms with van der Waals surface area (Å²) in [5.74, 6) is -0.261. The number of nitrogens with one attached hydrogen (secondary N) is 2. The summed E-state index contributed by atoms with van der Waals surface area (Å²) in [5, 5.41) is 11.4. The van der Waals surface area contributed by atoms with Gasteiger partial charge in [-0.2, -0.15) is 0 Å². The van der Waals surface area contributed by atoms with Crippen LogP contribution < -0.4 is 5.32 Å². The molecule has 6 heteroatoms. The number of rotatable bonds is 7. The summed E-state index contributed by atoms with van der Waals surface area (Å²) in [6, 6.07) is 21.4. The van der Waals surface area contributed by atoms with Crippen LogP contribution in [0, 0.1) is 18.2 Å². The summed E-state index contributed by atoms with van der Waals surface area (Å²) in [6.07, 6.45) is 3.53. The summed E-state index contributed by atoms with van der Waals surface area (Å²) in [7, 11) is 0. The van der Waals surface area contributed by atoms with Gasteiger partial charge in [0.15, 0.2) is 0 Å². The Morgan fingerprint density at radius 1 is 1.09 bits per heavy atom. The molecular weight excluding hydrogens is 419 g/mol. The molecule has 1 aliphatic heterocycles. The van der Waals surface area contributed by atoms with Crippen molar-refractivity contribution < 1.29 is 4.39 Å². The van der Waals surface area contributed by atoms with E-state index >= 15 is 0 Å². The molecular formula is C26H29FN4S. The molecule has 2 N–H and O–H groups in total. The SMILES string of the molecule is CSN1CCN(Cc2ccccc2)C(c2cc(C=N)c(Nc3ccc(F)cc3)cc2C)C1. The molecule has 166 valence electrons. The Morgan fingerprint density at radius 2 is 1.84 bits per heavy atom. The third kappa shape index (κ3) is 5.21. The number of nitrogens with zero attached hydrogens (tertiary/aromatic N) is 2. The molecule has 1 heterocycles. The molecule has 1 unspecified atom stereocenters. The number of hydrogen-bond donors (Lipinski definition) is 2. The maximum atomic E-state index is 13.3. The lowest BCUT2D eigenvalue weighted by molar-refractivity contribution is 0.116. The van der Waals surface area contributed by atoms with Crippen LogP contribution in [0.25, 0.3) is 0 Å². The maximum Gasteiger partial charge on any atom is 0.123 e. The normalized spacial score (nSPS) is 17.3. The van der Waals surface area contributed by atoms with E-state index in [2.05, 4.69) is 70.2 Å². The van der Waals surface area contributed by atoms with Gasteiger partial charge in [-0.15, -0.1) is 0 Å². The second-order valence-electron chi connectivity index (χ2n) is 8.11. The fourth-order valence-electron chi connectivity index (χ4n) is 4.28. The van der Waals surface area contributed by atoms with Crippen LogP contribution in [0.4, 0.5) is 15.8 Å². The average Bonchev–Trinajstić information content (AvgIpc) is 2.82. The van der Waals surface area contributed by atoms with Crippen molar-refractivity contribution in [1.82, 2.24) is 9.21 Å². The number of piperazine rings is 1. The smallest absolute Gasteiger partial charge is 0.123 e. The number of benzene rings is 3. The molecule has 1 fully saturated rings. The number of hydrogen-bond acceptors (Lipinski definition) is 5. The summed E-state index contributed by atoms with van der Waals surface area (Å²) in [5.41, 5.74) is 6.25. The van der Waals surface area contributed by atoms with Gasteiger partial charge in [-0.1, -0.05) is 42.3 Å². The molecule has 0 aromatic heterocycles. The largest absolute Gasteiger partial charge is 0.355 e. The second kappa shape index (κ2) is 10.3. The second-order valence-corrected chi connectivity index (χ2v) is 9.00. The molecule has 0 aliphatic carbocycles. The number of anilines is 2. The highest BCUT2D eigenvalue weighted by Crippen LogP contribution is 2.34. The first-order chi connectivity index (χ1) is 15.6. The topological polar surface area (TPSA) is 42.4 Å². The minimum atomic E-state index is -0.261. The van der Waals surface area contributed by atoms with Crippen molar-refractivity contribution >= 4 is 29.5 Å². The maximum absolute atomic E-state index is 13.3. The zero-order valence-electron chi connectivity index (χ0n) is 18.5. The van der Waals surface area contributed by atoms with Crippen LogP contribution in [0.15, 0.2) is 66.7 Å². The lowest BCUT2D eigenvalue weighted by Gasteiger charge is -2.41. The zero-order valence-corrected chi connectivity index (χ0v) is 19.3. The highest BCUT2D eigenvalue weighted by Gasteiger charge is 2.29. The first kappa shape index (κ1) is 22.5. The molecule has 4 nitrogen and oxygen atoms in total. The molecule has 3 aromatic carbocycles. The number of aryl methyl sites for hydroxylation is 1. The van der Waals surface area contributed by atoms with Crippen LogP contribution >= 0.6 is 11.9 Å². The minimum Gasteiger partial charge on any atom is -0.355 e. The van der Waals surface area contributed by atoms with E-state index in [-0.39, 0.29) is 11.9 Å². The van der Waals surface area contributed by atoms with Crippen molar-refractivity contribution in [3.63, 3.8) is 0 Å². The van der Waals surface area contributed by atoms with Gasteiger partial charge in [-0.05, 0) is 66.3 Å². The van der Waals surface area contributed by atoms with Gasteiger partial charge in [0.05, 0.1) is 0 Å². The Kier molecular flexibility index (Phi) is 7.25. The van der Waals surface area contributed by atoms with Gasteiger partial charge in [0.25, 0.3) is 0 Å². The summed E-state index contributed by atoms with van der Waals surface area (Å²) < 4.78 is 15.7. The average molecular weight is 449 g/mol. The van der Waals surface area contributed by atoms with Crippen LogP contribution in [0.1, 0.15) is 28.3 Å². The molecule has 0 saturated carbocycles. The lowest BCUT2D eigenvalue weighted by atomic mass is 9.94. The molecule has 1 atom stereocenters. The third-order valence-electron chi connectivity index (χ3n) is 6.02. The van der Waals surface area contributed by atoms with Gasteiger partial charge in [-0.3, -0.25) is 4.90 Å². The Morgan fingerprint density at radius 3 is 2.53 bits per heavy atom. The van der Waals surface area contributed by atoms with Crippen molar-refractivity contribution in [3.8, 4) is 0 Å². The van der Waals surface area contributed by atoms with E-state index in [4.69, 9.17) is 5.41 Å². The molecule has 0 spiro atoms. The quantitative estimate of drug-likeness (QED) is 0.343. The lowest BCUT2D eigenvalue weighted by Crippen LogP contribution is -2.45. The van der Waals surface area contributed by atoms with Crippen molar-refractivity contribution in [2.75, 3.05) is 31.2 Å². The molecule has 0 radical (unpaired) electrons. The van der Waals surface area contributed by atoms with Crippen LogP contribution in [0.2, 0.25) is 0 Å². The predicted molar refractivity (Wildman–Crippen MR) is 133 cm³/mol. The van der Waals surface area contributed by atoms with Gasteiger partial charge >= 0.3 is 0 Å². The molecule has 0 bridgehead atoms. The molecule has 1 aliphatic rings. The fourth-order valence-corrected chi connectivity index (χ4v) is 4.84. The Balaban J connectivity index is 1.65. The van der Waals surface area contributed by atoms with Gasteiger partial charge in [0.1, 0.15) is 5.82 Å². The Bertz CT molecular complexity index is 1060. The summed E-state index contributed by atoms with van der Waals surface area (Å²) in [4.78, 5) is 2.55. The minimum absolute atomic E-state index is 0.245. The van der Waals surface area contributed by atoms with Gasteiger partial charge in [0.2, 0.25) is 0 Å². The summed E-state index contributed by atoms with van der Waals surface area (Å²) in [6.45, 7) is 6.01. The van der Waals surface area contributed by atoms with Crippen LogP contribution in [0.3, 0.4) is 0 Å². The van der Waals surface area contributed by atoms with E-state index < -0.39 is 0 Å². The van der Waals surface area contributed by atoms with Gasteiger partial charge in [-0.25, -0.2) is 8.70 Å². The highest BCUT2D eigenvalue weighted by atomic mass is 32.2. The van der Waals surface area contributed by atoms with Gasteiger partial charge < -0.3 is 10.7 Å². The first-order valence-electron chi connectivity index (χ1n) is 10.8. The van der Waals surface area contributed by atoms with Crippen molar-refractivity contribution in [2.45, 2.75) is 19.5 Å². The number of halogens is 1. The fraction of sp³-hybridized carbons (Fsp3) is 0.269. The van der Waals surface area contributed by atoms with Crippen molar-refractivity contribution in [2.24, 2.45) is 0 Å². The Hall–Kier alpha value is -2.67. The van der Waals surface area contributed by atoms with E-state index in [0.717, 1.165) is 43.1 Å². The third-order valence-corrected chi connectivity index (χ3v) is 6.86. The molecule has 3 aromatic rings. The van der Waals surface area contributed by atoms with E-state index in [0.29, 0.717) is 0 Å². The molecule has 32 heavy (non-hydrogen) atoms. The first-order valence-corrected chi connectivity index (χ1v) is 12.0. The van der Waals surface area contributed by atoms with E-state index in [1.165, 1.54) is 35.0 Å². The van der Waals surface area contributed by atoms with Crippen LogP contribution in [-0.4, -0.2) is 41.3 Å². The monoisotopic (exact) mass is 448 g/mol. The molecule has 4 rings (SSSR count). The van der Waals surface area contributed by atoms with Crippen molar-refractivity contribution in [3.05, 3.63) is 94.8 Å². The molecule has 1 saturated heterocycles. The standard InChI is InChI=1S/C26H29FN4S/c1-19-14-25(29-23-10-8-22(27)9-11-23)21(16-28)15-24(19)26-18-31(32-2)13-12-30(26)17-20-6-4-3-5-7-20/h3-11,14-16,26,28-29H,12-13,17-18H2,1-2H3. The van der Waals surface area contributed by atoms with Crippen LogP contribution in [-0.2, 0) is 6.54 Å². The Labute approximate surface area is 194 Å². The van der Waals surface area contributed by atoms with E-state index in [9.17, 15) is 4.39 Å². The zero-order chi connectivity index (χ0) is 22.5.